The molecule has 3 atom stereocenters. The van der Waals surface area contributed by atoms with Crippen LogP contribution in [0.3, 0.4) is 0 Å². The van der Waals surface area contributed by atoms with Gasteiger partial charge in [-0.2, -0.15) is 0 Å². The van der Waals surface area contributed by atoms with Crippen molar-refractivity contribution in [1.29, 1.82) is 0 Å². The van der Waals surface area contributed by atoms with E-state index in [1.807, 2.05) is 0 Å². The van der Waals surface area contributed by atoms with Gasteiger partial charge >= 0.3 is 0 Å². The third kappa shape index (κ3) is 3.67. The van der Waals surface area contributed by atoms with E-state index in [-0.39, 0.29) is 6.10 Å². The second kappa shape index (κ2) is 6.93. The molecule has 3 rings (SSSR count). The smallest absolute Gasteiger partial charge is 0.0695 e. The number of likely N-dealkylation sites (N-methyl/N-ethyl adjacent to an activating group) is 1. The molecule has 0 aliphatic heterocycles. The molecule has 21 heavy (non-hydrogen) atoms. The lowest BCUT2D eigenvalue weighted by Gasteiger charge is -2.40. The fourth-order valence-electron chi connectivity index (χ4n) is 4.37. The number of hydrogen-bond donors (Lipinski definition) is 1. The van der Waals surface area contributed by atoms with Crippen molar-refractivity contribution in [2.75, 3.05) is 13.6 Å². The summed E-state index contributed by atoms with van der Waals surface area (Å²) in [5.41, 5.74) is 1.45. The summed E-state index contributed by atoms with van der Waals surface area (Å²) in [6.07, 6.45) is 8.60. The largest absolute Gasteiger partial charge is 0.391 e. The van der Waals surface area contributed by atoms with Crippen LogP contribution in [0, 0.1) is 5.92 Å². The van der Waals surface area contributed by atoms with E-state index in [0.29, 0.717) is 12.0 Å². The number of nitrogens with zero attached hydrogens (tertiary/aromatic N) is 1. The first-order valence-corrected chi connectivity index (χ1v) is 8.67. The molecule has 0 saturated heterocycles. The molecule has 0 aromatic heterocycles. The van der Waals surface area contributed by atoms with E-state index in [9.17, 15) is 5.11 Å². The normalized spacial score (nSPS) is 30.9. The SMILES string of the molecule is CN(CC1CCCC1)C1CC(c2ccccc2)CCC1O. The first-order chi connectivity index (χ1) is 10.2. The Morgan fingerprint density at radius 2 is 1.76 bits per heavy atom. The summed E-state index contributed by atoms with van der Waals surface area (Å²) in [6, 6.07) is 11.2. The van der Waals surface area contributed by atoms with Crippen LogP contribution in [0.25, 0.3) is 0 Å². The van der Waals surface area contributed by atoms with Crippen molar-refractivity contribution >= 4 is 0 Å². The molecule has 1 aromatic carbocycles. The highest BCUT2D eigenvalue weighted by Gasteiger charge is 2.33. The quantitative estimate of drug-likeness (QED) is 0.910. The highest BCUT2D eigenvalue weighted by Crippen LogP contribution is 2.36. The summed E-state index contributed by atoms with van der Waals surface area (Å²) < 4.78 is 0. The van der Waals surface area contributed by atoms with Crippen LogP contribution in [-0.4, -0.2) is 35.7 Å². The zero-order chi connectivity index (χ0) is 14.7. The Morgan fingerprint density at radius 3 is 2.48 bits per heavy atom. The van der Waals surface area contributed by atoms with E-state index in [1.165, 1.54) is 37.8 Å². The first-order valence-electron chi connectivity index (χ1n) is 8.67. The van der Waals surface area contributed by atoms with Crippen LogP contribution < -0.4 is 0 Å². The van der Waals surface area contributed by atoms with Gasteiger partial charge in [0, 0.05) is 12.6 Å². The van der Waals surface area contributed by atoms with Crippen LogP contribution in [0.4, 0.5) is 0 Å². The third-order valence-electron chi connectivity index (χ3n) is 5.64. The first kappa shape index (κ1) is 15.1. The molecular formula is C19H29NO. The minimum absolute atomic E-state index is 0.142. The summed E-state index contributed by atoms with van der Waals surface area (Å²) in [5, 5.41) is 10.4. The van der Waals surface area contributed by atoms with E-state index in [1.54, 1.807) is 0 Å². The van der Waals surface area contributed by atoms with Crippen molar-refractivity contribution < 1.29 is 5.11 Å². The maximum atomic E-state index is 10.4. The molecule has 2 fully saturated rings. The second-order valence-electron chi connectivity index (χ2n) is 7.15. The highest BCUT2D eigenvalue weighted by atomic mass is 16.3. The van der Waals surface area contributed by atoms with Gasteiger partial charge in [-0.15, -0.1) is 0 Å². The number of hydrogen-bond acceptors (Lipinski definition) is 2. The van der Waals surface area contributed by atoms with E-state index in [4.69, 9.17) is 0 Å². The summed E-state index contributed by atoms with van der Waals surface area (Å²) in [5.74, 6) is 1.48. The molecule has 2 heteroatoms. The number of rotatable bonds is 4. The van der Waals surface area contributed by atoms with Gasteiger partial charge in [0.15, 0.2) is 0 Å². The van der Waals surface area contributed by atoms with Crippen molar-refractivity contribution in [3.63, 3.8) is 0 Å². The van der Waals surface area contributed by atoms with Crippen molar-refractivity contribution in [3.8, 4) is 0 Å². The van der Waals surface area contributed by atoms with Gasteiger partial charge in [-0.25, -0.2) is 0 Å². The van der Waals surface area contributed by atoms with E-state index in [2.05, 4.69) is 42.3 Å². The van der Waals surface area contributed by atoms with E-state index in [0.717, 1.165) is 25.2 Å². The van der Waals surface area contributed by atoms with Gasteiger partial charge in [0.05, 0.1) is 6.10 Å². The highest BCUT2D eigenvalue weighted by molar-refractivity contribution is 5.20. The summed E-state index contributed by atoms with van der Waals surface area (Å²) in [6.45, 7) is 1.17. The van der Waals surface area contributed by atoms with Gasteiger partial charge in [-0.3, -0.25) is 0 Å². The van der Waals surface area contributed by atoms with Gasteiger partial charge in [0.2, 0.25) is 0 Å². The van der Waals surface area contributed by atoms with Crippen LogP contribution in [0.1, 0.15) is 56.4 Å². The predicted octanol–water partition coefficient (Wildman–Crippen LogP) is 3.81. The Kier molecular flexibility index (Phi) is 4.97. The Labute approximate surface area is 129 Å². The van der Waals surface area contributed by atoms with E-state index >= 15 is 0 Å². The average Bonchev–Trinajstić information content (AvgIpc) is 3.01. The monoisotopic (exact) mass is 287 g/mol. The Bertz CT molecular complexity index is 426. The van der Waals surface area contributed by atoms with E-state index < -0.39 is 0 Å². The second-order valence-corrected chi connectivity index (χ2v) is 7.15. The molecular weight excluding hydrogens is 258 g/mol. The fraction of sp³-hybridized carbons (Fsp3) is 0.684. The van der Waals surface area contributed by atoms with Gasteiger partial charge in [-0.05, 0) is 56.6 Å². The molecule has 2 saturated carbocycles. The maximum absolute atomic E-state index is 10.4. The molecule has 116 valence electrons. The number of benzene rings is 1. The molecule has 0 spiro atoms. The van der Waals surface area contributed by atoms with Gasteiger partial charge in [0.1, 0.15) is 0 Å². The van der Waals surface area contributed by atoms with Crippen LogP contribution >= 0.6 is 0 Å². The van der Waals surface area contributed by atoms with Crippen molar-refractivity contribution in [3.05, 3.63) is 35.9 Å². The molecule has 0 heterocycles. The van der Waals surface area contributed by atoms with Crippen LogP contribution in [0.2, 0.25) is 0 Å². The van der Waals surface area contributed by atoms with Gasteiger partial charge in [-0.1, -0.05) is 43.2 Å². The molecule has 2 nitrogen and oxygen atoms in total. The number of aliphatic hydroxyl groups excluding tert-OH is 1. The van der Waals surface area contributed by atoms with Gasteiger partial charge < -0.3 is 10.0 Å². The lowest BCUT2D eigenvalue weighted by atomic mass is 9.79. The van der Waals surface area contributed by atoms with Crippen LogP contribution in [0.15, 0.2) is 30.3 Å². The number of aliphatic hydroxyl groups is 1. The predicted molar refractivity (Wildman–Crippen MR) is 87.4 cm³/mol. The zero-order valence-corrected chi connectivity index (χ0v) is 13.2. The molecule has 0 amide bonds. The molecule has 3 unspecified atom stereocenters. The molecule has 2 aliphatic rings. The summed E-state index contributed by atoms with van der Waals surface area (Å²) >= 11 is 0. The Morgan fingerprint density at radius 1 is 1.05 bits per heavy atom. The summed E-state index contributed by atoms with van der Waals surface area (Å²) in [4.78, 5) is 2.45. The molecule has 0 bridgehead atoms. The molecule has 0 radical (unpaired) electrons. The minimum Gasteiger partial charge on any atom is -0.391 e. The lowest BCUT2D eigenvalue weighted by molar-refractivity contribution is 0.0196. The Balaban J connectivity index is 1.62. The third-order valence-corrected chi connectivity index (χ3v) is 5.64. The standard InChI is InChI=1S/C19H29NO/c1-20(14-15-7-5-6-8-15)18-13-17(11-12-19(18)21)16-9-3-2-4-10-16/h2-4,9-10,15,17-19,21H,5-8,11-14H2,1H3. The molecule has 1 aromatic rings. The van der Waals surface area contributed by atoms with Gasteiger partial charge in [0.25, 0.3) is 0 Å². The maximum Gasteiger partial charge on any atom is 0.0695 e. The Hall–Kier alpha value is -0.860. The molecule has 2 aliphatic carbocycles. The topological polar surface area (TPSA) is 23.5 Å². The van der Waals surface area contributed by atoms with Crippen molar-refractivity contribution in [1.82, 2.24) is 4.90 Å². The molecule has 1 N–H and O–H groups in total. The average molecular weight is 287 g/mol. The zero-order valence-electron chi connectivity index (χ0n) is 13.2. The lowest BCUT2D eigenvalue weighted by Crippen LogP contribution is -2.46. The minimum atomic E-state index is -0.142. The fourth-order valence-corrected chi connectivity index (χ4v) is 4.37. The summed E-state index contributed by atoms with van der Waals surface area (Å²) in [7, 11) is 2.22. The van der Waals surface area contributed by atoms with Crippen molar-refractivity contribution in [2.45, 2.75) is 63.0 Å². The van der Waals surface area contributed by atoms with Crippen LogP contribution in [-0.2, 0) is 0 Å². The van der Waals surface area contributed by atoms with Crippen molar-refractivity contribution in [2.24, 2.45) is 5.92 Å². The van der Waals surface area contributed by atoms with Crippen LogP contribution in [0.5, 0.6) is 0 Å².